The molecular weight excluding hydrogens is 390 g/mol. The normalized spacial score (nSPS) is 28.6. The Morgan fingerprint density at radius 1 is 0.960 bits per heavy atom. The van der Waals surface area contributed by atoms with Crippen molar-refractivity contribution in [2.24, 2.45) is 0 Å². The van der Waals surface area contributed by atoms with Crippen LogP contribution in [0.5, 0.6) is 0 Å². The van der Waals surface area contributed by atoms with E-state index in [1.165, 1.54) is 0 Å². The second-order valence-corrected chi connectivity index (χ2v) is 4.99. The predicted octanol–water partition coefficient (Wildman–Crippen LogP) is 1.54. The van der Waals surface area contributed by atoms with E-state index in [0.717, 1.165) is 6.92 Å². The van der Waals surface area contributed by atoms with E-state index < -0.39 is 48.0 Å². The zero-order chi connectivity index (χ0) is 20.9. The number of hydrogen-bond acceptors (Lipinski definition) is 5. The maximum Gasteiger partial charge on any atom is 0.449 e. The van der Waals surface area contributed by atoms with E-state index in [1.807, 2.05) is 0 Å². The molecule has 1 fully saturated rings. The van der Waals surface area contributed by atoms with Crippen molar-refractivity contribution in [3.8, 4) is 0 Å². The van der Waals surface area contributed by atoms with Crippen LogP contribution in [0, 0.1) is 0 Å². The van der Waals surface area contributed by atoms with Crippen LogP contribution in [0.15, 0.2) is 0 Å². The van der Waals surface area contributed by atoms with Crippen LogP contribution in [0.2, 0.25) is 0 Å². The Bertz CT molecular complexity index is 472. The summed E-state index contributed by atoms with van der Waals surface area (Å²) in [5.41, 5.74) is 0. The van der Waals surface area contributed by atoms with Crippen LogP contribution >= 0.6 is 0 Å². The maximum atomic E-state index is 12.4. The van der Waals surface area contributed by atoms with E-state index in [0.29, 0.717) is 6.92 Å². The van der Waals surface area contributed by atoms with Crippen molar-refractivity contribution in [2.45, 2.75) is 61.8 Å². The SMILES string of the molecule is CC(O)C(F)(F)C(O)(O)C(F)(F)F.CC1OC(O)(C(F)(F)F)C1(F)F. The van der Waals surface area contributed by atoms with Gasteiger partial charge in [-0.2, -0.15) is 43.9 Å². The lowest BCUT2D eigenvalue weighted by molar-refractivity contribution is -0.521. The smallest absolute Gasteiger partial charge is 0.387 e. The van der Waals surface area contributed by atoms with Gasteiger partial charge in [-0.05, 0) is 13.8 Å². The molecule has 25 heavy (non-hydrogen) atoms. The molecule has 0 aromatic carbocycles. The fourth-order valence-corrected chi connectivity index (χ4v) is 1.36. The highest BCUT2D eigenvalue weighted by atomic mass is 19.4. The zero-order valence-corrected chi connectivity index (χ0v) is 12.1. The van der Waals surface area contributed by atoms with Crippen LogP contribution in [0.3, 0.4) is 0 Å². The van der Waals surface area contributed by atoms with E-state index >= 15 is 0 Å². The lowest BCUT2D eigenvalue weighted by Gasteiger charge is -2.49. The highest BCUT2D eigenvalue weighted by Crippen LogP contribution is 2.53. The number of ether oxygens (including phenoxy) is 1. The average molecular weight is 402 g/mol. The first-order chi connectivity index (χ1) is 10.6. The second-order valence-electron chi connectivity index (χ2n) is 4.99. The molecule has 0 aliphatic carbocycles. The minimum Gasteiger partial charge on any atom is -0.387 e. The van der Waals surface area contributed by atoms with E-state index in [-0.39, 0.29) is 0 Å². The Labute approximate surface area is 132 Å². The monoisotopic (exact) mass is 402 g/mol. The van der Waals surface area contributed by atoms with Crippen molar-refractivity contribution in [3.05, 3.63) is 0 Å². The molecule has 1 rings (SSSR count). The van der Waals surface area contributed by atoms with Gasteiger partial charge in [-0.15, -0.1) is 0 Å². The van der Waals surface area contributed by atoms with Crippen molar-refractivity contribution in [2.75, 3.05) is 0 Å². The Balaban J connectivity index is 0.000000462. The summed E-state index contributed by atoms with van der Waals surface area (Å²) in [7, 11) is 0. The highest BCUT2D eigenvalue weighted by molar-refractivity contribution is 5.04. The van der Waals surface area contributed by atoms with Gasteiger partial charge in [0.05, 0.1) is 0 Å². The van der Waals surface area contributed by atoms with Gasteiger partial charge in [0.25, 0.3) is 0 Å². The number of rotatable bonds is 2. The molecule has 0 spiro atoms. The van der Waals surface area contributed by atoms with E-state index in [4.69, 9.17) is 20.4 Å². The topological polar surface area (TPSA) is 90.2 Å². The van der Waals surface area contributed by atoms with Crippen LogP contribution in [-0.2, 0) is 4.74 Å². The minimum absolute atomic E-state index is 0.312. The van der Waals surface area contributed by atoms with Crippen molar-refractivity contribution in [1.29, 1.82) is 0 Å². The first-order valence-corrected chi connectivity index (χ1v) is 5.99. The number of alkyl halides is 10. The Morgan fingerprint density at radius 3 is 1.40 bits per heavy atom. The molecule has 1 heterocycles. The van der Waals surface area contributed by atoms with Gasteiger partial charge in [0.15, 0.2) is 0 Å². The quantitative estimate of drug-likeness (QED) is 0.416. The van der Waals surface area contributed by atoms with E-state index in [1.54, 1.807) is 0 Å². The van der Waals surface area contributed by atoms with Crippen molar-refractivity contribution >= 4 is 0 Å². The summed E-state index contributed by atoms with van der Waals surface area (Å²) in [4.78, 5) is 0. The molecule has 3 unspecified atom stereocenters. The molecule has 1 aliphatic rings. The lowest BCUT2D eigenvalue weighted by atomic mass is 9.96. The summed E-state index contributed by atoms with van der Waals surface area (Å²) < 4.78 is 123. The molecule has 0 radical (unpaired) electrons. The van der Waals surface area contributed by atoms with Gasteiger partial charge < -0.3 is 25.2 Å². The average Bonchev–Trinajstić information content (AvgIpc) is 2.36. The van der Waals surface area contributed by atoms with Gasteiger partial charge in [-0.3, -0.25) is 0 Å². The van der Waals surface area contributed by atoms with Gasteiger partial charge in [-0.25, -0.2) is 0 Å². The standard InChI is InChI=1S/C5H7F5O3.C5H5F5O2/c1-2(11)3(6,7)4(12,13)5(8,9)10;1-2-3(6,7)4(11,12-2)5(8,9)10/h2,11-13H,1H3;2,11H,1H3. The molecular formula is C10H12F10O5. The van der Waals surface area contributed by atoms with E-state index in [9.17, 15) is 43.9 Å². The summed E-state index contributed by atoms with van der Waals surface area (Å²) in [5.74, 6) is -18.9. The van der Waals surface area contributed by atoms with Crippen LogP contribution in [0.25, 0.3) is 0 Å². The van der Waals surface area contributed by atoms with Crippen LogP contribution in [0.4, 0.5) is 43.9 Å². The zero-order valence-electron chi connectivity index (χ0n) is 12.1. The summed E-state index contributed by atoms with van der Waals surface area (Å²) in [6, 6.07) is 0. The van der Waals surface area contributed by atoms with Gasteiger partial charge in [0.2, 0.25) is 0 Å². The Morgan fingerprint density at radius 2 is 1.32 bits per heavy atom. The third kappa shape index (κ3) is 3.79. The van der Waals surface area contributed by atoms with Gasteiger partial charge >= 0.3 is 35.8 Å². The largest absolute Gasteiger partial charge is 0.449 e. The Kier molecular flexibility index (Phi) is 6.14. The number of halogens is 10. The van der Waals surface area contributed by atoms with Crippen molar-refractivity contribution < 1.29 is 69.1 Å². The minimum atomic E-state index is -5.94. The van der Waals surface area contributed by atoms with Crippen LogP contribution in [0.1, 0.15) is 13.8 Å². The van der Waals surface area contributed by atoms with Crippen LogP contribution < -0.4 is 0 Å². The molecule has 0 aromatic rings. The van der Waals surface area contributed by atoms with E-state index in [2.05, 4.69) is 4.74 Å². The molecule has 0 saturated carbocycles. The van der Waals surface area contributed by atoms with Gasteiger partial charge in [-0.1, -0.05) is 0 Å². The molecule has 5 nitrogen and oxygen atoms in total. The molecule has 152 valence electrons. The van der Waals surface area contributed by atoms with Crippen molar-refractivity contribution in [3.63, 3.8) is 0 Å². The van der Waals surface area contributed by atoms with Crippen molar-refractivity contribution in [1.82, 2.24) is 0 Å². The Hall–Kier alpha value is -0.900. The molecule has 1 aliphatic heterocycles. The number of aliphatic hydroxyl groups is 4. The highest BCUT2D eigenvalue weighted by Gasteiger charge is 2.81. The van der Waals surface area contributed by atoms with Gasteiger partial charge in [0, 0.05) is 0 Å². The summed E-state index contributed by atoms with van der Waals surface area (Å²) in [6.45, 7) is 1.06. The summed E-state index contributed by atoms with van der Waals surface area (Å²) >= 11 is 0. The fourth-order valence-electron chi connectivity index (χ4n) is 1.36. The summed E-state index contributed by atoms with van der Waals surface area (Å²) in [6.07, 6.45) is -16.1. The molecule has 3 atom stereocenters. The molecule has 0 bridgehead atoms. The van der Waals surface area contributed by atoms with Crippen LogP contribution in [-0.4, -0.2) is 68.4 Å². The second kappa shape index (κ2) is 6.37. The number of aliphatic hydroxyl groups excluding tert-OH is 1. The van der Waals surface area contributed by atoms with Gasteiger partial charge in [0.1, 0.15) is 12.2 Å². The maximum absolute atomic E-state index is 12.4. The fraction of sp³-hybridized carbons (Fsp3) is 1.00. The molecule has 1 saturated heterocycles. The lowest BCUT2D eigenvalue weighted by Crippen LogP contribution is -2.75. The first-order valence-electron chi connectivity index (χ1n) is 5.99. The first kappa shape index (κ1) is 24.1. The molecule has 4 N–H and O–H groups in total. The number of hydrogen-bond donors (Lipinski definition) is 4. The molecule has 15 heteroatoms. The molecule has 0 amide bonds. The third-order valence-electron chi connectivity index (χ3n) is 3.08. The summed E-state index contributed by atoms with van der Waals surface area (Å²) in [5, 5.41) is 32.7. The molecule has 0 aromatic heterocycles. The predicted molar refractivity (Wildman–Crippen MR) is 56.4 cm³/mol. The third-order valence-corrected chi connectivity index (χ3v) is 3.08.